The summed E-state index contributed by atoms with van der Waals surface area (Å²) in [6.45, 7) is 4.59. The van der Waals surface area contributed by atoms with Gasteiger partial charge in [0.2, 0.25) is 5.91 Å². The minimum atomic E-state index is -0.379. The van der Waals surface area contributed by atoms with E-state index >= 15 is 0 Å². The number of nitrogens with zero attached hydrogens (tertiary/aromatic N) is 1. The van der Waals surface area contributed by atoms with Gasteiger partial charge in [-0.2, -0.15) is 0 Å². The highest BCUT2D eigenvalue weighted by Crippen LogP contribution is 2.36. The van der Waals surface area contributed by atoms with E-state index in [9.17, 15) is 4.79 Å². The van der Waals surface area contributed by atoms with Crippen molar-refractivity contribution in [1.29, 1.82) is 0 Å². The molecule has 0 bridgehead atoms. The highest BCUT2D eigenvalue weighted by Gasteiger charge is 2.21. The summed E-state index contributed by atoms with van der Waals surface area (Å²) < 4.78 is 17.2. The summed E-state index contributed by atoms with van der Waals surface area (Å²) in [6, 6.07) is 3.45. The molecule has 0 radical (unpaired) electrons. The van der Waals surface area contributed by atoms with Crippen LogP contribution in [0.15, 0.2) is 16.6 Å². The van der Waals surface area contributed by atoms with Gasteiger partial charge in [-0.15, -0.1) is 0 Å². The zero-order valence-electron chi connectivity index (χ0n) is 12.8. The molecular weight excluding hydrogens is 352 g/mol. The van der Waals surface area contributed by atoms with E-state index in [-0.39, 0.29) is 11.9 Å². The van der Waals surface area contributed by atoms with Gasteiger partial charge in [-0.25, -0.2) is 0 Å². The molecule has 1 unspecified atom stereocenters. The van der Waals surface area contributed by atoms with E-state index in [2.05, 4.69) is 15.9 Å². The molecule has 22 heavy (non-hydrogen) atoms. The first-order valence-electron chi connectivity index (χ1n) is 7.13. The van der Waals surface area contributed by atoms with Crippen molar-refractivity contribution < 1.29 is 19.0 Å². The number of halogens is 1. The van der Waals surface area contributed by atoms with Crippen molar-refractivity contribution in [1.82, 2.24) is 4.90 Å². The van der Waals surface area contributed by atoms with Gasteiger partial charge in [0.05, 0.1) is 12.6 Å². The standard InChI is InChI=1S/C15H21BrN2O4/c1-10(15(17)19)18(3-4-20-2)9-11-7-13-14(8-12(11)16)22-6-5-21-13/h7-8,10H,3-6,9H2,1-2H3,(H2,17,19). The van der Waals surface area contributed by atoms with Crippen LogP contribution >= 0.6 is 15.9 Å². The predicted octanol–water partition coefficient (Wildman–Crippen LogP) is 1.54. The fraction of sp³-hybridized carbons (Fsp3) is 0.533. The lowest BCUT2D eigenvalue weighted by Gasteiger charge is -2.28. The first-order valence-corrected chi connectivity index (χ1v) is 7.92. The molecule has 1 amide bonds. The van der Waals surface area contributed by atoms with Crippen LogP contribution in [0, 0.1) is 0 Å². The normalized spacial score (nSPS) is 14.9. The largest absolute Gasteiger partial charge is 0.486 e. The van der Waals surface area contributed by atoms with Gasteiger partial charge in [0.1, 0.15) is 13.2 Å². The van der Waals surface area contributed by atoms with Crippen LogP contribution in [0.4, 0.5) is 0 Å². The molecule has 1 atom stereocenters. The maximum Gasteiger partial charge on any atom is 0.234 e. The maximum atomic E-state index is 11.5. The third-order valence-electron chi connectivity index (χ3n) is 3.63. The second-order valence-electron chi connectivity index (χ2n) is 5.13. The monoisotopic (exact) mass is 372 g/mol. The molecule has 0 saturated carbocycles. The number of benzene rings is 1. The van der Waals surface area contributed by atoms with Gasteiger partial charge in [-0.05, 0) is 24.6 Å². The summed E-state index contributed by atoms with van der Waals surface area (Å²) in [5, 5.41) is 0. The Morgan fingerprint density at radius 1 is 1.41 bits per heavy atom. The van der Waals surface area contributed by atoms with Crippen LogP contribution < -0.4 is 15.2 Å². The van der Waals surface area contributed by atoms with Crippen LogP contribution in [0.3, 0.4) is 0 Å². The summed E-state index contributed by atoms with van der Waals surface area (Å²) in [7, 11) is 1.63. The Labute approximate surface area is 138 Å². The highest BCUT2D eigenvalue weighted by atomic mass is 79.9. The molecule has 0 aliphatic carbocycles. The Balaban J connectivity index is 2.19. The van der Waals surface area contributed by atoms with Crippen molar-refractivity contribution in [3.05, 3.63) is 22.2 Å². The fourth-order valence-electron chi connectivity index (χ4n) is 2.24. The molecule has 0 aromatic heterocycles. The SMILES string of the molecule is COCCN(Cc1cc2c(cc1Br)OCCO2)C(C)C(N)=O. The van der Waals surface area contributed by atoms with Crippen molar-refractivity contribution >= 4 is 21.8 Å². The predicted molar refractivity (Wildman–Crippen MR) is 86.1 cm³/mol. The van der Waals surface area contributed by atoms with Crippen molar-refractivity contribution in [2.75, 3.05) is 33.5 Å². The van der Waals surface area contributed by atoms with Crippen LogP contribution in [0.5, 0.6) is 11.5 Å². The van der Waals surface area contributed by atoms with Crippen molar-refractivity contribution in [3.8, 4) is 11.5 Å². The number of carbonyl (C=O) groups excluding carboxylic acids is 1. The molecule has 2 N–H and O–H groups in total. The minimum Gasteiger partial charge on any atom is -0.486 e. The third-order valence-corrected chi connectivity index (χ3v) is 4.36. The number of nitrogens with two attached hydrogens (primary N) is 1. The number of amides is 1. The maximum absolute atomic E-state index is 11.5. The first-order chi connectivity index (χ1) is 10.5. The number of carbonyl (C=O) groups is 1. The number of methoxy groups -OCH3 is 1. The van der Waals surface area contributed by atoms with Crippen LogP contribution in [-0.2, 0) is 16.1 Å². The van der Waals surface area contributed by atoms with E-state index in [0.29, 0.717) is 32.9 Å². The van der Waals surface area contributed by atoms with Gasteiger partial charge in [-0.3, -0.25) is 9.69 Å². The summed E-state index contributed by atoms with van der Waals surface area (Å²) in [6.07, 6.45) is 0. The molecule has 6 nitrogen and oxygen atoms in total. The minimum absolute atomic E-state index is 0.357. The van der Waals surface area contributed by atoms with Crippen molar-refractivity contribution in [2.45, 2.75) is 19.5 Å². The Morgan fingerprint density at radius 2 is 2.05 bits per heavy atom. The van der Waals surface area contributed by atoms with Gasteiger partial charge >= 0.3 is 0 Å². The van der Waals surface area contributed by atoms with Gasteiger partial charge in [0.15, 0.2) is 11.5 Å². The molecule has 1 heterocycles. The summed E-state index contributed by atoms with van der Waals surface area (Å²) in [4.78, 5) is 13.5. The average molecular weight is 373 g/mol. The molecule has 0 spiro atoms. The van der Waals surface area contributed by atoms with Gasteiger partial charge in [0.25, 0.3) is 0 Å². The first kappa shape index (κ1) is 17.1. The molecule has 122 valence electrons. The van der Waals surface area contributed by atoms with Crippen molar-refractivity contribution in [2.24, 2.45) is 5.73 Å². The molecule has 0 fully saturated rings. The second kappa shape index (κ2) is 7.80. The lowest BCUT2D eigenvalue weighted by atomic mass is 10.1. The van der Waals surface area contributed by atoms with E-state index in [4.69, 9.17) is 19.9 Å². The summed E-state index contributed by atoms with van der Waals surface area (Å²) >= 11 is 3.55. The van der Waals surface area contributed by atoms with E-state index in [1.54, 1.807) is 14.0 Å². The number of primary amides is 1. The number of ether oxygens (including phenoxy) is 3. The number of fused-ring (bicyclic) bond motifs is 1. The van der Waals surface area contributed by atoms with Gasteiger partial charge < -0.3 is 19.9 Å². The van der Waals surface area contributed by atoms with Gasteiger partial charge in [-0.1, -0.05) is 15.9 Å². The van der Waals surface area contributed by atoms with Gasteiger partial charge in [0, 0.05) is 24.7 Å². The summed E-state index contributed by atoms with van der Waals surface area (Å²) in [5.41, 5.74) is 6.44. The third kappa shape index (κ3) is 4.12. The van der Waals surface area contributed by atoms with E-state index in [0.717, 1.165) is 21.5 Å². The topological polar surface area (TPSA) is 74.0 Å². The second-order valence-corrected chi connectivity index (χ2v) is 5.98. The lowest BCUT2D eigenvalue weighted by molar-refractivity contribution is -0.123. The van der Waals surface area contributed by atoms with Crippen LogP contribution in [-0.4, -0.2) is 50.3 Å². The number of rotatable bonds is 7. The molecule has 1 aliphatic rings. The molecule has 0 saturated heterocycles. The highest BCUT2D eigenvalue weighted by molar-refractivity contribution is 9.10. The van der Waals surface area contributed by atoms with Crippen LogP contribution in [0.2, 0.25) is 0 Å². The fourth-order valence-corrected chi connectivity index (χ4v) is 2.69. The molecule has 1 aromatic rings. The molecule has 7 heteroatoms. The molecule has 1 aliphatic heterocycles. The zero-order chi connectivity index (χ0) is 16.1. The van der Waals surface area contributed by atoms with E-state index in [1.165, 1.54) is 0 Å². The Kier molecular flexibility index (Phi) is 6.05. The van der Waals surface area contributed by atoms with Crippen LogP contribution in [0.25, 0.3) is 0 Å². The van der Waals surface area contributed by atoms with E-state index in [1.807, 2.05) is 17.0 Å². The number of hydrogen-bond donors (Lipinski definition) is 1. The molecule has 2 rings (SSSR count). The van der Waals surface area contributed by atoms with E-state index < -0.39 is 0 Å². The Bertz CT molecular complexity index is 539. The van der Waals surface area contributed by atoms with Crippen LogP contribution in [0.1, 0.15) is 12.5 Å². The average Bonchev–Trinajstić information content (AvgIpc) is 2.50. The smallest absolute Gasteiger partial charge is 0.234 e. The Hall–Kier alpha value is -1.31. The summed E-state index contributed by atoms with van der Waals surface area (Å²) in [5.74, 6) is 1.10. The Morgan fingerprint density at radius 3 is 2.64 bits per heavy atom. The molecule has 1 aromatic carbocycles. The molecular formula is C15H21BrN2O4. The quantitative estimate of drug-likeness (QED) is 0.785. The number of hydrogen-bond acceptors (Lipinski definition) is 5. The zero-order valence-corrected chi connectivity index (χ0v) is 14.4. The lowest BCUT2D eigenvalue weighted by Crippen LogP contribution is -2.43. The van der Waals surface area contributed by atoms with Crippen molar-refractivity contribution in [3.63, 3.8) is 0 Å².